The van der Waals surface area contributed by atoms with Crippen LogP contribution in [0.25, 0.3) is 0 Å². The molecule has 0 aliphatic rings. The summed E-state index contributed by atoms with van der Waals surface area (Å²) in [7, 11) is 2.92. The molecule has 0 bridgehead atoms. The zero-order chi connectivity index (χ0) is 23.5. The molecule has 168 valence electrons. The van der Waals surface area contributed by atoms with Gasteiger partial charge in [0, 0.05) is 19.3 Å². The number of Topliss-reactive ketones (excluding diaryl/α,β-unsaturated/α-hetero) is 1. The van der Waals surface area contributed by atoms with Crippen molar-refractivity contribution in [1.29, 1.82) is 0 Å². The maximum atomic E-state index is 12.8. The van der Waals surface area contributed by atoms with Gasteiger partial charge in [0.05, 0.1) is 13.1 Å². The van der Waals surface area contributed by atoms with E-state index in [4.69, 9.17) is 5.73 Å². The average molecular weight is 430 g/mol. The first-order valence-corrected chi connectivity index (χ1v) is 10.2. The molecule has 31 heavy (non-hydrogen) atoms. The second-order valence-corrected chi connectivity index (χ2v) is 7.98. The Labute approximate surface area is 181 Å². The fraction of sp³-hybridized carbons (Fsp3) is 0.455. The van der Waals surface area contributed by atoms with Gasteiger partial charge >= 0.3 is 5.69 Å². The number of benzene rings is 1. The van der Waals surface area contributed by atoms with E-state index >= 15 is 0 Å². The maximum Gasteiger partial charge on any atom is 0.332 e. The highest BCUT2D eigenvalue weighted by Crippen LogP contribution is 2.21. The third kappa shape index (κ3) is 5.29. The topological polar surface area (TPSA) is 119 Å². The lowest BCUT2D eigenvalue weighted by molar-refractivity contribution is -0.116. The van der Waals surface area contributed by atoms with Crippen LogP contribution in [0.1, 0.15) is 40.4 Å². The molecule has 2 rings (SSSR count). The van der Waals surface area contributed by atoms with Gasteiger partial charge in [0.25, 0.3) is 5.56 Å². The Bertz CT molecular complexity index is 1110. The van der Waals surface area contributed by atoms with Crippen LogP contribution in [-0.4, -0.2) is 45.9 Å². The van der Waals surface area contributed by atoms with Crippen LogP contribution in [0, 0.1) is 20.8 Å². The molecule has 3 N–H and O–H groups in total. The zero-order valence-corrected chi connectivity index (χ0v) is 19.0. The van der Waals surface area contributed by atoms with Crippen LogP contribution >= 0.6 is 0 Å². The number of rotatable bonds is 8. The van der Waals surface area contributed by atoms with Gasteiger partial charge in [-0.15, -0.1) is 0 Å². The zero-order valence-electron chi connectivity index (χ0n) is 19.0. The van der Waals surface area contributed by atoms with E-state index in [9.17, 15) is 19.2 Å². The lowest BCUT2D eigenvalue weighted by Gasteiger charge is -2.19. The van der Waals surface area contributed by atoms with E-state index in [-0.39, 0.29) is 30.4 Å². The number of nitrogens with two attached hydrogens (primary N) is 1. The second-order valence-electron chi connectivity index (χ2n) is 7.98. The van der Waals surface area contributed by atoms with Crippen molar-refractivity contribution in [2.75, 3.05) is 31.2 Å². The Balaban J connectivity index is 2.17. The van der Waals surface area contributed by atoms with Gasteiger partial charge < -0.3 is 11.1 Å². The molecule has 0 aliphatic carbocycles. The van der Waals surface area contributed by atoms with Gasteiger partial charge in [-0.2, -0.15) is 0 Å². The molecule has 0 fully saturated rings. The first kappa shape index (κ1) is 24.1. The molecular formula is C22H31N5O4. The standard InChI is InChI=1S/C22H31N5O4/c1-7-8-27-20(23)18(21(30)26(6)22(27)31)16(28)11-25(5)12-17(29)24-19-14(3)9-13(2)10-15(19)4/h9-10H,7-8,11-12,23H2,1-6H3,(H,24,29). The van der Waals surface area contributed by atoms with Gasteiger partial charge in [0.2, 0.25) is 5.91 Å². The fourth-order valence-electron chi connectivity index (χ4n) is 3.67. The lowest BCUT2D eigenvalue weighted by atomic mass is 10.1. The number of anilines is 2. The predicted molar refractivity (Wildman–Crippen MR) is 122 cm³/mol. The van der Waals surface area contributed by atoms with Crippen LogP contribution in [0.15, 0.2) is 21.7 Å². The van der Waals surface area contributed by atoms with Gasteiger partial charge in [-0.1, -0.05) is 24.6 Å². The predicted octanol–water partition coefficient (Wildman–Crippen LogP) is 1.22. The average Bonchev–Trinajstić information content (AvgIpc) is 2.66. The molecule has 9 nitrogen and oxygen atoms in total. The molecule has 1 heterocycles. The van der Waals surface area contributed by atoms with Crippen molar-refractivity contribution in [2.24, 2.45) is 7.05 Å². The second kappa shape index (κ2) is 9.74. The summed E-state index contributed by atoms with van der Waals surface area (Å²) in [5, 5.41) is 2.89. The Kier molecular flexibility index (Phi) is 7.56. The van der Waals surface area contributed by atoms with Crippen LogP contribution in [0.4, 0.5) is 11.5 Å². The third-order valence-electron chi connectivity index (χ3n) is 5.08. The van der Waals surface area contributed by atoms with E-state index in [1.54, 1.807) is 7.05 Å². The quantitative estimate of drug-likeness (QED) is 0.609. The number of hydrogen-bond acceptors (Lipinski definition) is 6. The summed E-state index contributed by atoms with van der Waals surface area (Å²) >= 11 is 0. The summed E-state index contributed by atoms with van der Waals surface area (Å²) in [4.78, 5) is 51.6. The molecular weight excluding hydrogens is 398 g/mol. The highest BCUT2D eigenvalue weighted by atomic mass is 16.2. The molecule has 2 aromatic rings. The Morgan fingerprint density at radius 2 is 1.68 bits per heavy atom. The molecule has 0 saturated heterocycles. The summed E-state index contributed by atoms with van der Waals surface area (Å²) < 4.78 is 2.11. The van der Waals surface area contributed by atoms with Gasteiger partial charge in [0.1, 0.15) is 11.4 Å². The molecule has 1 aromatic carbocycles. The fourth-order valence-corrected chi connectivity index (χ4v) is 3.67. The summed E-state index contributed by atoms with van der Waals surface area (Å²) in [5.74, 6) is -0.952. The van der Waals surface area contributed by atoms with Crippen LogP contribution < -0.4 is 22.3 Å². The Morgan fingerprint density at radius 3 is 2.23 bits per heavy atom. The number of hydrogen-bond donors (Lipinski definition) is 2. The number of nitrogens with zero attached hydrogens (tertiary/aromatic N) is 3. The molecule has 0 atom stereocenters. The van der Waals surface area contributed by atoms with E-state index in [1.165, 1.54) is 16.5 Å². The van der Waals surface area contributed by atoms with Gasteiger partial charge in [-0.3, -0.25) is 28.4 Å². The van der Waals surface area contributed by atoms with Crippen molar-refractivity contribution in [3.8, 4) is 0 Å². The summed E-state index contributed by atoms with van der Waals surface area (Å²) in [6.07, 6.45) is 0.619. The largest absolute Gasteiger partial charge is 0.384 e. The number of aryl methyl sites for hydroxylation is 3. The lowest BCUT2D eigenvalue weighted by Crippen LogP contribution is -2.44. The summed E-state index contributed by atoms with van der Waals surface area (Å²) in [5.41, 5.74) is 8.25. The number of likely N-dealkylation sites (N-methyl/N-ethyl adjacent to an activating group) is 1. The smallest absolute Gasteiger partial charge is 0.332 e. The number of ketones is 1. The number of nitrogen functional groups attached to an aromatic ring is 1. The molecule has 0 saturated carbocycles. The molecule has 0 radical (unpaired) electrons. The monoisotopic (exact) mass is 429 g/mol. The summed E-state index contributed by atoms with van der Waals surface area (Å²) in [6, 6.07) is 3.97. The Hall–Kier alpha value is -3.20. The van der Waals surface area contributed by atoms with Crippen molar-refractivity contribution in [1.82, 2.24) is 14.0 Å². The highest BCUT2D eigenvalue weighted by Gasteiger charge is 2.23. The maximum absolute atomic E-state index is 12.8. The van der Waals surface area contributed by atoms with Crippen molar-refractivity contribution in [3.63, 3.8) is 0 Å². The SMILES string of the molecule is CCCn1c(N)c(C(=O)CN(C)CC(=O)Nc2c(C)cc(C)cc2C)c(=O)n(C)c1=O. The van der Waals surface area contributed by atoms with E-state index in [1.807, 2.05) is 39.8 Å². The molecule has 0 aliphatic heterocycles. The summed E-state index contributed by atoms with van der Waals surface area (Å²) in [6.45, 7) is 7.76. The highest BCUT2D eigenvalue weighted by molar-refractivity contribution is 6.01. The molecule has 1 aromatic heterocycles. The van der Waals surface area contributed by atoms with Crippen molar-refractivity contribution in [3.05, 3.63) is 55.2 Å². The van der Waals surface area contributed by atoms with E-state index in [2.05, 4.69) is 5.32 Å². The number of carbonyl (C=O) groups is 2. The molecule has 1 amide bonds. The minimum absolute atomic E-state index is 0.0483. The van der Waals surface area contributed by atoms with E-state index in [0.29, 0.717) is 13.0 Å². The van der Waals surface area contributed by atoms with Crippen molar-refractivity contribution in [2.45, 2.75) is 40.7 Å². The number of nitrogens with one attached hydrogen (secondary N) is 1. The van der Waals surface area contributed by atoms with Gasteiger partial charge in [-0.05, 0) is 45.4 Å². The normalized spacial score (nSPS) is 11.1. The van der Waals surface area contributed by atoms with Crippen LogP contribution in [0.3, 0.4) is 0 Å². The van der Waals surface area contributed by atoms with Gasteiger partial charge in [-0.25, -0.2) is 4.79 Å². The molecule has 9 heteroatoms. The Morgan fingerprint density at radius 1 is 1.10 bits per heavy atom. The minimum Gasteiger partial charge on any atom is -0.384 e. The van der Waals surface area contributed by atoms with E-state index < -0.39 is 17.0 Å². The molecule has 0 spiro atoms. The van der Waals surface area contributed by atoms with Crippen molar-refractivity contribution < 1.29 is 9.59 Å². The van der Waals surface area contributed by atoms with Crippen LogP contribution in [0.2, 0.25) is 0 Å². The van der Waals surface area contributed by atoms with Gasteiger partial charge in [0.15, 0.2) is 5.78 Å². The van der Waals surface area contributed by atoms with Crippen LogP contribution in [-0.2, 0) is 18.4 Å². The number of aromatic nitrogens is 2. The number of carbonyl (C=O) groups excluding carboxylic acids is 2. The first-order valence-electron chi connectivity index (χ1n) is 10.2. The third-order valence-corrected chi connectivity index (χ3v) is 5.08. The first-order chi connectivity index (χ1) is 14.5. The molecule has 0 unspecified atom stereocenters. The van der Waals surface area contributed by atoms with E-state index in [0.717, 1.165) is 26.9 Å². The van der Waals surface area contributed by atoms with Crippen LogP contribution in [0.5, 0.6) is 0 Å². The number of amides is 1. The minimum atomic E-state index is -0.733. The van der Waals surface area contributed by atoms with Crippen molar-refractivity contribution >= 4 is 23.2 Å².